The molecule has 0 radical (unpaired) electrons. The molecular weight excluding hydrogens is 140 g/mol. The van der Waals surface area contributed by atoms with Crippen LogP contribution in [0.5, 0.6) is 0 Å². The fourth-order valence-corrected chi connectivity index (χ4v) is 0.809. The number of carbonyl (C=O) groups is 1. The van der Waals surface area contributed by atoms with Crippen molar-refractivity contribution in [2.45, 2.75) is 26.7 Å². The van der Waals surface area contributed by atoms with Crippen molar-refractivity contribution >= 4 is 5.97 Å². The maximum Gasteiger partial charge on any atom is 0.333 e. The van der Waals surface area contributed by atoms with Crippen LogP contribution in [0, 0.1) is 5.92 Å². The predicted molar refractivity (Wildman–Crippen MR) is 43.1 cm³/mol. The zero-order valence-electron chi connectivity index (χ0n) is 7.09. The molecule has 0 aromatic rings. The highest BCUT2D eigenvalue weighted by molar-refractivity contribution is 5.89. The molecule has 1 aliphatic rings. The van der Waals surface area contributed by atoms with E-state index in [-0.39, 0.29) is 5.97 Å². The minimum atomic E-state index is -0.120. The van der Waals surface area contributed by atoms with Crippen LogP contribution in [0.3, 0.4) is 0 Å². The van der Waals surface area contributed by atoms with Crippen molar-refractivity contribution in [3.8, 4) is 0 Å². The molecule has 0 saturated heterocycles. The summed E-state index contributed by atoms with van der Waals surface area (Å²) in [4.78, 5) is 11.0. The van der Waals surface area contributed by atoms with Crippen LogP contribution >= 0.6 is 0 Å². The van der Waals surface area contributed by atoms with E-state index in [0.29, 0.717) is 12.5 Å². The van der Waals surface area contributed by atoms with E-state index in [4.69, 9.17) is 4.74 Å². The van der Waals surface area contributed by atoms with Crippen molar-refractivity contribution in [1.82, 2.24) is 0 Å². The molecule has 1 rings (SSSR count). The molecule has 1 aliphatic carbocycles. The molecular formula is C9H14O2. The van der Waals surface area contributed by atoms with Crippen molar-refractivity contribution in [2.75, 3.05) is 6.61 Å². The summed E-state index contributed by atoms with van der Waals surface area (Å²) in [6.45, 7) is 4.60. The lowest BCUT2D eigenvalue weighted by Crippen LogP contribution is -2.15. The average Bonchev–Trinajstić information content (AvgIpc) is 1.79. The zero-order valence-corrected chi connectivity index (χ0v) is 7.09. The Kier molecular flexibility index (Phi) is 2.69. The molecule has 0 heterocycles. The molecule has 0 bridgehead atoms. The van der Waals surface area contributed by atoms with Crippen LogP contribution in [0.15, 0.2) is 11.6 Å². The van der Waals surface area contributed by atoms with Crippen LogP contribution < -0.4 is 0 Å². The van der Waals surface area contributed by atoms with E-state index in [2.05, 4.69) is 0 Å². The summed E-state index contributed by atoms with van der Waals surface area (Å²) in [6.07, 6.45) is 3.87. The summed E-state index contributed by atoms with van der Waals surface area (Å²) in [7, 11) is 0. The second-order valence-corrected chi connectivity index (χ2v) is 3.26. The zero-order chi connectivity index (χ0) is 8.27. The molecule has 0 aromatic carbocycles. The topological polar surface area (TPSA) is 26.3 Å². The van der Waals surface area contributed by atoms with Crippen molar-refractivity contribution in [3.05, 3.63) is 11.6 Å². The van der Waals surface area contributed by atoms with E-state index >= 15 is 0 Å². The van der Waals surface area contributed by atoms with Gasteiger partial charge in [0, 0.05) is 5.57 Å². The fourth-order valence-electron chi connectivity index (χ4n) is 0.809. The first kappa shape index (κ1) is 8.31. The Balaban J connectivity index is 2.21. The van der Waals surface area contributed by atoms with Crippen molar-refractivity contribution < 1.29 is 9.53 Å². The van der Waals surface area contributed by atoms with Gasteiger partial charge in [-0.25, -0.2) is 4.79 Å². The summed E-state index contributed by atoms with van der Waals surface area (Å²) in [5, 5.41) is 0. The van der Waals surface area contributed by atoms with E-state index in [1.807, 2.05) is 19.9 Å². The molecule has 2 nitrogen and oxygen atoms in total. The van der Waals surface area contributed by atoms with Gasteiger partial charge in [-0.05, 0) is 18.8 Å². The van der Waals surface area contributed by atoms with Crippen LogP contribution in [0.2, 0.25) is 0 Å². The lowest BCUT2D eigenvalue weighted by molar-refractivity contribution is -0.140. The Hall–Kier alpha value is -0.790. The number of esters is 1. The van der Waals surface area contributed by atoms with Gasteiger partial charge in [0.1, 0.15) is 0 Å². The Labute approximate surface area is 67.2 Å². The van der Waals surface area contributed by atoms with Gasteiger partial charge in [0.05, 0.1) is 6.61 Å². The van der Waals surface area contributed by atoms with E-state index in [9.17, 15) is 4.79 Å². The number of allylic oxidation sites excluding steroid dienone is 1. The minimum Gasteiger partial charge on any atom is -0.462 e. The third-order valence-corrected chi connectivity index (χ3v) is 1.61. The molecule has 0 N–H and O–H groups in total. The van der Waals surface area contributed by atoms with Gasteiger partial charge in [0.25, 0.3) is 0 Å². The quantitative estimate of drug-likeness (QED) is 0.580. The van der Waals surface area contributed by atoms with Crippen LogP contribution in [-0.2, 0) is 9.53 Å². The second kappa shape index (κ2) is 3.56. The molecule has 0 atom stereocenters. The molecule has 0 saturated carbocycles. The normalized spacial score (nSPS) is 15.7. The van der Waals surface area contributed by atoms with Crippen LogP contribution in [0.25, 0.3) is 0 Å². The maximum absolute atomic E-state index is 11.0. The summed E-state index contributed by atoms with van der Waals surface area (Å²) in [5.41, 5.74) is 0.852. The number of rotatable bonds is 3. The van der Waals surface area contributed by atoms with Gasteiger partial charge in [-0.1, -0.05) is 19.9 Å². The largest absolute Gasteiger partial charge is 0.462 e. The summed E-state index contributed by atoms with van der Waals surface area (Å²) >= 11 is 0. The molecule has 2 heteroatoms. The van der Waals surface area contributed by atoms with Gasteiger partial charge >= 0.3 is 5.97 Å². The predicted octanol–water partition coefficient (Wildman–Crippen LogP) is 1.91. The van der Waals surface area contributed by atoms with Gasteiger partial charge in [-0.3, -0.25) is 0 Å². The van der Waals surface area contributed by atoms with Crippen molar-refractivity contribution in [3.63, 3.8) is 0 Å². The highest BCUT2D eigenvalue weighted by Crippen LogP contribution is 2.19. The maximum atomic E-state index is 11.0. The van der Waals surface area contributed by atoms with Gasteiger partial charge in [-0.2, -0.15) is 0 Å². The first-order valence-corrected chi connectivity index (χ1v) is 4.06. The van der Waals surface area contributed by atoms with Crippen LogP contribution in [0.1, 0.15) is 26.7 Å². The number of hydrogen-bond donors (Lipinski definition) is 0. The highest BCUT2D eigenvalue weighted by Gasteiger charge is 2.15. The standard InChI is InChI=1S/C9H14O2/c1-7(2)6-11-9(10)8-4-3-5-8/h4,7H,3,5-6H2,1-2H3. The molecule has 0 spiro atoms. The Morgan fingerprint density at radius 2 is 2.36 bits per heavy atom. The first-order valence-electron chi connectivity index (χ1n) is 4.06. The number of carbonyl (C=O) groups excluding carboxylic acids is 1. The van der Waals surface area contributed by atoms with E-state index in [0.717, 1.165) is 18.4 Å². The van der Waals surface area contributed by atoms with Crippen LogP contribution in [-0.4, -0.2) is 12.6 Å². The second-order valence-electron chi connectivity index (χ2n) is 3.26. The number of hydrogen-bond acceptors (Lipinski definition) is 2. The fraction of sp³-hybridized carbons (Fsp3) is 0.667. The minimum absolute atomic E-state index is 0.120. The van der Waals surface area contributed by atoms with Gasteiger partial charge in [0.2, 0.25) is 0 Å². The van der Waals surface area contributed by atoms with Crippen molar-refractivity contribution in [2.24, 2.45) is 5.92 Å². The van der Waals surface area contributed by atoms with E-state index in [1.54, 1.807) is 0 Å². The molecule has 0 fully saturated rings. The lowest BCUT2D eigenvalue weighted by atomic mass is 9.99. The smallest absolute Gasteiger partial charge is 0.333 e. The number of ether oxygens (including phenoxy) is 1. The van der Waals surface area contributed by atoms with Gasteiger partial charge < -0.3 is 4.74 Å². The van der Waals surface area contributed by atoms with E-state index < -0.39 is 0 Å². The van der Waals surface area contributed by atoms with E-state index in [1.165, 1.54) is 0 Å². The average molecular weight is 154 g/mol. The molecule has 11 heavy (non-hydrogen) atoms. The van der Waals surface area contributed by atoms with Gasteiger partial charge in [-0.15, -0.1) is 0 Å². The summed E-state index contributed by atoms with van der Waals surface area (Å²) in [6, 6.07) is 0. The van der Waals surface area contributed by atoms with Crippen LogP contribution in [0.4, 0.5) is 0 Å². The molecule has 62 valence electrons. The Morgan fingerprint density at radius 1 is 1.73 bits per heavy atom. The molecule has 0 amide bonds. The monoisotopic (exact) mass is 154 g/mol. The Bertz CT molecular complexity index is 180. The first-order chi connectivity index (χ1) is 5.20. The van der Waals surface area contributed by atoms with Crippen molar-refractivity contribution in [1.29, 1.82) is 0 Å². The lowest BCUT2D eigenvalue weighted by Gasteiger charge is -2.13. The molecule has 0 aromatic heterocycles. The molecule has 0 unspecified atom stereocenters. The summed E-state index contributed by atoms with van der Waals surface area (Å²) in [5.74, 6) is 0.310. The molecule has 0 aliphatic heterocycles. The van der Waals surface area contributed by atoms with Gasteiger partial charge in [0.15, 0.2) is 0 Å². The summed E-state index contributed by atoms with van der Waals surface area (Å²) < 4.78 is 5.00. The third kappa shape index (κ3) is 2.37. The highest BCUT2D eigenvalue weighted by atomic mass is 16.5. The third-order valence-electron chi connectivity index (χ3n) is 1.61. The SMILES string of the molecule is CC(C)COC(=O)C1=CCC1. The Morgan fingerprint density at radius 3 is 2.73 bits per heavy atom.